The highest BCUT2D eigenvalue weighted by Gasteiger charge is 2.41. The lowest BCUT2D eigenvalue weighted by molar-refractivity contribution is 0.756. The summed E-state index contributed by atoms with van der Waals surface area (Å²) in [6.07, 6.45) is 1.89. The number of pyridine rings is 1. The van der Waals surface area contributed by atoms with E-state index in [1.807, 2.05) is 12.3 Å². The zero-order chi connectivity index (χ0) is 25.5. The van der Waals surface area contributed by atoms with Crippen LogP contribution in [0, 0.1) is 0 Å². The van der Waals surface area contributed by atoms with Crippen molar-refractivity contribution in [3.8, 4) is 16.9 Å². The molecule has 10 rings (SSSR count). The standard InChI is InChI=1S/C37H24N2/c1-2-11-23(12-3-1)39-33-19-10-17-28(32-18-8-9-20-38-32)37(33)31-21-29-30(22-34(31)39)36-26-15-6-4-13-24(26)35(29)25-14-5-7-16-27(25)36/h1-22,35-36H. The average Bonchev–Trinajstić information content (AvgIpc) is 3.34. The van der Waals surface area contributed by atoms with Gasteiger partial charge in [-0.15, -0.1) is 0 Å². The van der Waals surface area contributed by atoms with Crippen LogP contribution in [-0.2, 0) is 0 Å². The van der Waals surface area contributed by atoms with Gasteiger partial charge in [-0.2, -0.15) is 0 Å². The lowest BCUT2D eigenvalue weighted by Crippen LogP contribution is -2.27. The van der Waals surface area contributed by atoms with Gasteiger partial charge < -0.3 is 4.57 Å². The highest BCUT2D eigenvalue weighted by molar-refractivity contribution is 6.16. The molecule has 2 bridgehead atoms. The van der Waals surface area contributed by atoms with Crippen molar-refractivity contribution >= 4 is 21.8 Å². The SMILES string of the molecule is c1ccc(-n2c3cc4c(cc3c3c(-c5ccccn5)cccc32)C2c3ccccc3C4c3ccccc32)cc1. The Kier molecular flexibility index (Phi) is 4.20. The minimum Gasteiger partial charge on any atom is -0.309 e. The fraction of sp³-hybridized carbons (Fsp3) is 0.0541. The van der Waals surface area contributed by atoms with Crippen LogP contribution in [-0.4, -0.2) is 9.55 Å². The molecule has 7 aromatic rings. The highest BCUT2D eigenvalue weighted by Crippen LogP contribution is 2.57. The number of fused-ring (bicyclic) bond motifs is 3. The van der Waals surface area contributed by atoms with E-state index in [4.69, 9.17) is 4.98 Å². The number of hydrogen-bond donors (Lipinski definition) is 0. The molecular weight excluding hydrogens is 472 g/mol. The fourth-order valence-electron chi connectivity index (χ4n) is 7.32. The van der Waals surface area contributed by atoms with Crippen LogP contribution < -0.4 is 0 Å². The largest absolute Gasteiger partial charge is 0.309 e. The van der Waals surface area contributed by atoms with Gasteiger partial charge in [-0.3, -0.25) is 4.98 Å². The van der Waals surface area contributed by atoms with Crippen molar-refractivity contribution in [3.05, 3.63) is 167 Å². The van der Waals surface area contributed by atoms with Crippen LogP contribution in [0.3, 0.4) is 0 Å². The average molecular weight is 497 g/mol. The Hall–Kier alpha value is -4.95. The summed E-state index contributed by atoms with van der Waals surface area (Å²) in [7, 11) is 0. The van der Waals surface area contributed by atoms with Gasteiger partial charge in [0.15, 0.2) is 0 Å². The lowest BCUT2D eigenvalue weighted by atomic mass is 9.61. The third kappa shape index (κ3) is 2.78. The Morgan fingerprint density at radius 3 is 1.74 bits per heavy atom. The Bertz CT molecular complexity index is 2020. The summed E-state index contributed by atoms with van der Waals surface area (Å²) < 4.78 is 2.44. The molecule has 2 nitrogen and oxygen atoms in total. The van der Waals surface area contributed by atoms with Crippen LogP contribution in [0.1, 0.15) is 45.2 Å². The van der Waals surface area contributed by atoms with E-state index in [0.717, 1.165) is 5.69 Å². The molecule has 0 amide bonds. The smallest absolute Gasteiger partial charge is 0.0708 e. The molecule has 2 heterocycles. The molecule has 0 saturated carbocycles. The topological polar surface area (TPSA) is 17.8 Å². The van der Waals surface area contributed by atoms with E-state index in [1.165, 1.54) is 66.4 Å². The lowest BCUT2D eigenvalue weighted by Gasteiger charge is -2.42. The monoisotopic (exact) mass is 496 g/mol. The van der Waals surface area contributed by atoms with Gasteiger partial charge in [0.1, 0.15) is 0 Å². The van der Waals surface area contributed by atoms with Gasteiger partial charge in [-0.1, -0.05) is 84.9 Å². The number of hydrogen-bond acceptors (Lipinski definition) is 1. The molecule has 3 aliphatic carbocycles. The minimum absolute atomic E-state index is 0.249. The van der Waals surface area contributed by atoms with Crippen molar-refractivity contribution in [1.82, 2.24) is 9.55 Å². The van der Waals surface area contributed by atoms with E-state index in [1.54, 1.807) is 0 Å². The quantitative estimate of drug-likeness (QED) is 0.234. The molecule has 2 heteroatoms. The van der Waals surface area contributed by atoms with Gasteiger partial charge in [-0.05, 0) is 75.8 Å². The molecule has 0 aliphatic heterocycles. The summed E-state index contributed by atoms with van der Waals surface area (Å²) in [4.78, 5) is 4.76. The fourth-order valence-corrected chi connectivity index (χ4v) is 7.32. The number of benzene rings is 5. The third-order valence-corrected chi connectivity index (χ3v) is 8.81. The summed E-state index contributed by atoms with van der Waals surface area (Å²) in [6, 6.07) is 46.7. The summed E-state index contributed by atoms with van der Waals surface area (Å²) >= 11 is 0. The maximum Gasteiger partial charge on any atom is 0.0708 e. The molecule has 0 radical (unpaired) electrons. The van der Waals surface area contributed by atoms with E-state index < -0.39 is 0 Å². The Morgan fingerprint density at radius 2 is 1.10 bits per heavy atom. The van der Waals surface area contributed by atoms with Crippen LogP contribution in [0.5, 0.6) is 0 Å². The van der Waals surface area contributed by atoms with Crippen LogP contribution in [0.15, 0.2) is 134 Å². The zero-order valence-electron chi connectivity index (χ0n) is 21.3. The predicted octanol–water partition coefficient (Wildman–Crippen LogP) is 8.83. The Balaban J connectivity index is 1.44. The molecule has 0 N–H and O–H groups in total. The van der Waals surface area contributed by atoms with Gasteiger partial charge in [0.25, 0.3) is 0 Å². The molecule has 0 spiro atoms. The van der Waals surface area contributed by atoms with E-state index in [9.17, 15) is 0 Å². The van der Waals surface area contributed by atoms with Crippen molar-refractivity contribution < 1.29 is 0 Å². The second kappa shape index (κ2) is 7.78. The first-order valence-corrected chi connectivity index (χ1v) is 13.6. The normalized spacial score (nSPS) is 16.7. The van der Waals surface area contributed by atoms with Crippen molar-refractivity contribution in [2.75, 3.05) is 0 Å². The number of para-hydroxylation sites is 1. The molecule has 0 unspecified atom stereocenters. The molecule has 0 atom stereocenters. The van der Waals surface area contributed by atoms with Crippen molar-refractivity contribution in [3.63, 3.8) is 0 Å². The molecule has 39 heavy (non-hydrogen) atoms. The first-order chi connectivity index (χ1) is 19.4. The molecule has 0 fully saturated rings. The van der Waals surface area contributed by atoms with Gasteiger partial charge in [0, 0.05) is 40.1 Å². The first-order valence-electron chi connectivity index (χ1n) is 13.6. The second-order valence-electron chi connectivity index (χ2n) is 10.7. The molecule has 3 aliphatic rings. The van der Waals surface area contributed by atoms with E-state index >= 15 is 0 Å². The minimum atomic E-state index is 0.249. The van der Waals surface area contributed by atoms with Crippen LogP contribution in [0.4, 0.5) is 0 Å². The van der Waals surface area contributed by atoms with Crippen molar-refractivity contribution in [2.45, 2.75) is 11.8 Å². The summed E-state index contributed by atoms with van der Waals surface area (Å²) in [5.74, 6) is 0.498. The zero-order valence-corrected chi connectivity index (χ0v) is 21.3. The van der Waals surface area contributed by atoms with Crippen molar-refractivity contribution in [1.29, 1.82) is 0 Å². The van der Waals surface area contributed by atoms with Gasteiger partial charge in [-0.25, -0.2) is 0 Å². The first kappa shape index (κ1) is 21.0. The van der Waals surface area contributed by atoms with E-state index in [2.05, 4.69) is 126 Å². The third-order valence-electron chi connectivity index (χ3n) is 8.81. The molecule has 0 saturated heterocycles. The molecular formula is C37H24N2. The Labute approximate surface area is 226 Å². The number of rotatable bonds is 2. The maximum absolute atomic E-state index is 4.76. The summed E-state index contributed by atoms with van der Waals surface area (Å²) in [5.41, 5.74) is 14.5. The molecule has 2 aromatic heterocycles. The maximum atomic E-state index is 4.76. The van der Waals surface area contributed by atoms with Gasteiger partial charge >= 0.3 is 0 Å². The number of aromatic nitrogens is 2. The summed E-state index contributed by atoms with van der Waals surface area (Å²) in [6.45, 7) is 0. The van der Waals surface area contributed by atoms with Gasteiger partial charge in [0.2, 0.25) is 0 Å². The molecule has 182 valence electrons. The van der Waals surface area contributed by atoms with Gasteiger partial charge in [0.05, 0.1) is 16.7 Å². The Morgan fingerprint density at radius 1 is 0.487 bits per heavy atom. The molecule has 5 aromatic carbocycles. The van der Waals surface area contributed by atoms with E-state index in [0.29, 0.717) is 0 Å². The highest BCUT2D eigenvalue weighted by atomic mass is 15.0. The van der Waals surface area contributed by atoms with Crippen molar-refractivity contribution in [2.24, 2.45) is 0 Å². The summed E-state index contributed by atoms with van der Waals surface area (Å²) in [5, 5.41) is 2.55. The van der Waals surface area contributed by atoms with Crippen LogP contribution in [0.25, 0.3) is 38.8 Å². The number of nitrogens with zero attached hydrogens (tertiary/aromatic N) is 2. The van der Waals surface area contributed by atoms with E-state index in [-0.39, 0.29) is 11.8 Å². The predicted molar refractivity (Wildman–Crippen MR) is 159 cm³/mol. The van der Waals surface area contributed by atoms with Crippen LogP contribution >= 0.6 is 0 Å². The second-order valence-corrected chi connectivity index (χ2v) is 10.7. The van der Waals surface area contributed by atoms with Crippen LogP contribution in [0.2, 0.25) is 0 Å².